The minimum atomic E-state index is -0.0805. The Morgan fingerprint density at radius 1 is 1.00 bits per heavy atom. The molecule has 4 heteroatoms. The zero-order valence-electron chi connectivity index (χ0n) is 15.5. The zero-order chi connectivity index (χ0) is 18.9. The maximum Gasteiger partial charge on any atom is 0.251 e. The van der Waals surface area contributed by atoms with Crippen LogP contribution in [-0.4, -0.2) is 24.5 Å². The highest BCUT2D eigenvalue weighted by molar-refractivity contribution is 5.95. The minimum absolute atomic E-state index is 0.0805. The van der Waals surface area contributed by atoms with Crippen LogP contribution in [-0.2, 0) is 6.42 Å². The maximum absolute atomic E-state index is 11.8. The van der Waals surface area contributed by atoms with Crippen molar-refractivity contribution in [1.82, 2.24) is 10.3 Å². The van der Waals surface area contributed by atoms with Crippen LogP contribution in [0.1, 0.15) is 28.8 Å². The Labute approximate surface area is 160 Å². The van der Waals surface area contributed by atoms with Crippen LogP contribution in [0.3, 0.4) is 0 Å². The third-order valence-electron chi connectivity index (χ3n) is 4.39. The molecule has 0 bridgehead atoms. The zero-order valence-corrected chi connectivity index (χ0v) is 15.5. The van der Waals surface area contributed by atoms with Crippen molar-refractivity contribution in [1.29, 1.82) is 0 Å². The van der Waals surface area contributed by atoms with Gasteiger partial charge in [-0.2, -0.15) is 0 Å². The standard InChI is InChI=1S/C23H24N2O2/c1-24-23(26)21-9-4-8-20(16-21)19-10-12-22(13-11-19)27-15-3-2-6-18-7-5-14-25-17-18/h4-5,7-14,16-17H,2-3,6,15H2,1H3,(H,24,26). The first-order valence-corrected chi connectivity index (χ1v) is 9.20. The van der Waals surface area contributed by atoms with Gasteiger partial charge in [0, 0.05) is 25.0 Å². The Morgan fingerprint density at radius 2 is 1.85 bits per heavy atom. The highest BCUT2D eigenvalue weighted by Crippen LogP contribution is 2.23. The lowest BCUT2D eigenvalue weighted by Gasteiger charge is -2.08. The molecule has 0 spiro atoms. The fourth-order valence-electron chi connectivity index (χ4n) is 2.90. The lowest BCUT2D eigenvalue weighted by molar-refractivity contribution is 0.0963. The summed E-state index contributed by atoms with van der Waals surface area (Å²) in [5.41, 5.74) is 3.99. The van der Waals surface area contributed by atoms with Gasteiger partial charge in [-0.1, -0.05) is 30.3 Å². The highest BCUT2D eigenvalue weighted by Gasteiger charge is 2.05. The molecule has 3 aromatic rings. The summed E-state index contributed by atoms with van der Waals surface area (Å²) in [5.74, 6) is 0.783. The largest absolute Gasteiger partial charge is 0.494 e. The Balaban J connectivity index is 1.49. The molecule has 1 aromatic heterocycles. The number of amides is 1. The van der Waals surface area contributed by atoms with Crippen LogP contribution in [0.25, 0.3) is 11.1 Å². The van der Waals surface area contributed by atoms with E-state index in [1.165, 1.54) is 5.56 Å². The van der Waals surface area contributed by atoms with E-state index in [1.807, 2.05) is 60.8 Å². The highest BCUT2D eigenvalue weighted by atomic mass is 16.5. The van der Waals surface area contributed by atoms with Crippen LogP contribution in [0, 0.1) is 0 Å². The summed E-state index contributed by atoms with van der Waals surface area (Å²) in [5, 5.41) is 2.65. The van der Waals surface area contributed by atoms with Gasteiger partial charge in [0.25, 0.3) is 5.91 Å². The van der Waals surface area contributed by atoms with Crippen LogP contribution >= 0.6 is 0 Å². The lowest BCUT2D eigenvalue weighted by Crippen LogP contribution is -2.17. The first-order valence-electron chi connectivity index (χ1n) is 9.20. The van der Waals surface area contributed by atoms with Crippen molar-refractivity contribution < 1.29 is 9.53 Å². The van der Waals surface area contributed by atoms with E-state index in [9.17, 15) is 4.79 Å². The Hall–Kier alpha value is -3.14. The average molecular weight is 360 g/mol. The topological polar surface area (TPSA) is 51.2 Å². The molecule has 138 valence electrons. The number of nitrogens with one attached hydrogen (secondary N) is 1. The first-order chi connectivity index (χ1) is 13.3. The van der Waals surface area contributed by atoms with E-state index in [2.05, 4.69) is 16.4 Å². The second kappa shape index (κ2) is 9.53. The second-order valence-electron chi connectivity index (χ2n) is 6.35. The van der Waals surface area contributed by atoms with Gasteiger partial charge in [-0.15, -0.1) is 0 Å². The molecule has 1 heterocycles. The second-order valence-corrected chi connectivity index (χ2v) is 6.35. The summed E-state index contributed by atoms with van der Waals surface area (Å²) in [7, 11) is 1.64. The van der Waals surface area contributed by atoms with E-state index >= 15 is 0 Å². The van der Waals surface area contributed by atoms with Crippen molar-refractivity contribution in [3.8, 4) is 16.9 Å². The van der Waals surface area contributed by atoms with Crippen LogP contribution in [0.5, 0.6) is 5.75 Å². The van der Waals surface area contributed by atoms with Gasteiger partial charge in [0.15, 0.2) is 0 Å². The number of carbonyl (C=O) groups is 1. The number of aryl methyl sites for hydroxylation is 1. The Morgan fingerprint density at radius 3 is 2.59 bits per heavy atom. The quantitative estimate of drug-likeness (QED) is 0.601. The molecule has 1 amide bonds. The molecule has 0 aliphatic heterocycles. The molecule has 1 N–H and O–H groups in total. The van der Waals surface area contributed by atoms with Gasteiger partial charge < -0.3 is 10.1 Å². The first kappa shape index (κ1) is 18.6. The van der Waals surface area contributed by atoms with Gasteiger partial charge in [0.2, 0.25) is 0 Å². The van der Waals surface area contributed by atoms with Gasteiger partial charge in [0.1, 0.15) is 5.75 Å². The smallest absolute Gasteiger partial charge is 0.251 e. The number of hydrogen-bond donors (Lipinski definition) is 1. The van der Waals surface area contributed by atoms with E-state index in [0.29, 0.717) is 12.2 Å². The number of unbranched alkanes of at least 4 members (excludes halogenated alkanes) is 1. The number of nitrogens with zero attached hydrogens (tertiary/aromatic N) is 1. The molecule has 3 rings (SSSR count). The van der Waals surface area contributed by atoms with Gasteiger partial charge >= 0.3 is 0 Å². The van der Waals surface area contributed by atoms with Gasteiger partial charge in [-0.25, -0.2) is 0 Å². The molecule has 0 radical (unpaired) electrons. The predicted molar refractivity (Wildman–Crippen MR) is 108 cm³/mol. The van der Waals surface area contributed by atoms with Crippen LogP contribution in [0.15, 0.2) is 73.1 Å². The number of carbonyl (C=O) groups excluding carboxylic acids is 1. The molecular weight excluding hydrogens is 336 g/mol. The normalized spacial score (nSPS) is 10.4. The summed E-state index contributed by atoms with van der Waals surface area (Å²) in [6.45, 7) is 0.700. The summed E-state index contributed by atoms with van der Waals surface area (Å²) in [4.78, 5) is 15.9. The maximum atomic E-state index is 11.8. The van der Waals surface area contributed by atoms with Gasteiger partial charge in [-0.05, 0) is 66.3 Å². The average Bonchev–Trinajstić information content (AvgIpc) is 2.74. The molecule has 0 unspecified atom stereocenters. The summed E-state index contributed by atoms with van der Waals surface area (Å²) in [6, 6.07) is 19.7. The van der Waals surface area contributed by atoms with Crippen LogP contribution in [0.2, 0.25) is 0 Å². The third kappa shape index (κ3) is 5.42. The Kier molecular flexibility index (Phi) is 6.58. The van der Waals surface area contributed by atoms with Crippen molar-refractivity contribution in [2.45, 2.75) is 19.3 Å². The molecule has 0 atom stereocenters. The van der Waals surface area contributed by atoms with Crippen molar-refractivity contribution in [2.75, 3.05) is 13.7 Å². The molecule has 27 heavy (non-hydrogen) atoms. The number of benzene rings is 2. The number of aromatic nitrogens is 1. The monoisotopic (exact) mass is 360 g/mol. The van der Waals surface area contributed by atoms with E-state index in [1.54, 1.807) is 13.2 Å². The fraction of sp³-hybridized carbons (Fsp3) is 0.217. The minimum Gasteiger partial charge on any atom is -0.494 e. The van der Waals surface area contributed by atoms with E-state index in [-0.39, 0.29) is 5.91 Å². The molecule has 0 fully saturated rings. The van der Waals surface area contributed by atoms with E-state index in [0.717, 1.165) is 36.1 Å². The van der Waals surface area contributed by atoms with Crippen LogP contribution < -0.4 is 10.1 Å². The lowest BCUT2D eigenvalue weighted by atomic mass is 10.0. The number of pyridine rings is 1. The number of ether oxygens (including phenoxy) is 1. The van der Waals surface area contributed by atoms with E-state index in [4.69, 9.17) is 4.74 Å². The summed E-state index contributed by atoms with van der Waals surface area (Å²) in [6.07, 6.45) is 6.82. The molecule has 0 aliphatic carbocycles. The third-order valence-corrected chi connectivity index (χ3v) is 4.39. The summed E-state index contributed by atoms with van der Waals surface area (Å²) >= 11 is 0. The summed E-state index contributed by atoms with van der Waals surface area (Å²) < 4.78 is 5.83. The molecule has 0 saturated heterocycles. The molecule has 0 saturated carbocycles. The molecule has 0 aliphatic rings. The van der Waals surface area contributed by atoms with Crippen molar-refractivity contribution in [2.24, 2.45) is 0 Å². The van der Waals surface area contributed by atoms with E-state index < -0.39 is 0 Å². The van der Waals surface area contributed by atoms with Crippen molar-refractivity contribution >= 4 is 5.91 Å². The van der Waals surface area contributed by atoms with Gasteiger partial charge in [-0.3, -0.25) is 9.78 Å². The van der Waals surface area contributed by atoms with Crippen molar-refractivity contribution in [3.05, 3.63) is 84.2 Å². The SMILES string of the molecule is CNC(=O)c1cccc(-c2ccc(OCCCCc3cccnc3)cc2)c1. The number of rotatable bonds is 8. The van der Waals surface area contributed by atoms with Crippen molar-refractivity contribution in [3.63, 3.8) is 0 Å². The van der Waals surface area contributed by atoms with Crippen LogP contribution in [0.4, 0.5) is 0 Å². The Bertz CT molecular complexity index is 861. The molecule has 4 nitrogen and oxygen atoms in total. The predicted octanol–water partition coefficient (Wildman–Crippen LogP) is 4.51. The fourth-order valence-corrected chi connectivity index (χ4v) is 2.90. The number of hydrogen-bond acceptors (Lipinski definition) is 3. The molecular formula is C23H24N2O2. The van der Waals surface area contributed by atoms with Gasteiger partial charge in [0.05, 0.1) is 6.61 Å². The molecule has 2 aromatic carbocycles.